The minimum atomic E-state index is -0.0637. The molecule has 1 N–H and O–H groups in total. The largest absolute Gasteiger partial charge is 0.457 e. The first-order chi connectivity index (χ1) is 9.78. The van der Waals surface area contributed by atoms with Crippen LogP contribution in [-0.2, 0) is 17.6 Å². The summed E-state index contributed by atoms with van der Waals surface area (Å²) >= 11 is 0. The van der Waals surface area contributed by atoms with Crippen LogP contribution in [0.1, 0.15) is 11.1 Å². The van der Waals surface area contributed by atoms with Crippen molar-refractivity contribution >= 4 is 5.91 Å². The molecule has 0 aliphatic carbocycles. The van der Waals surface area contributed by atoms with Crippen LogP contribution in [0.25, 0.3) is 0 Å². The first kappa shape index (κ1) is 12.7. The van der Waals surface area contributed by atoms with Crippen LogP contribution in [-0.4, -0.2) is 13.0 Å². The third-order valence-corrected chi connectivity index (χ3v) is 3.71. The lowest BCUT2D eigenvalue weighted by atomic mass is 9.90. The van der Waals surface area contributed by atoms with Crippen molar-refractivity contribution in [3.63, 3.8) is 0 Å². The van der Waals surface area contributed by atoms with Crippen molar-refractivity contribution in [2.24, 2.45) is 5.92 Å². The summed E-state index contributed by atoms with van der Waals surface area (Å²) in [6.07, 6.45) is 1.40. The molecule has 2 aromatic rings. The van der Waals surface area contributed by atoms with Gasteiger partial charge in [-0.05, 0) is 36.1 Å². The topological polar surface area (TPSA) is 38.3 Å². The zero-order chi connectivity index (χ0) is 13.9. The van der Waals surface area contributed by atoms with E-state index in [2.05, 4.69) is 5.32 Å². The van der Waals surface area contributed by atoms with Gasteiger partial charge in [-0.1, -0.05) is 36.4 Å². The third-order valence-electron chi connectivity index (χ3n) is 3.71. The fraction of sp³-hybridized carbons (Fsp3) is 0.235. The van der Waals surface area contributed by atoms with E-state index >= 15 is 0 Å². The molecule has 0 bridgehead atoms. The van der Waals surface area contributed by atoms with Crippen LogP contribution in [0.2, 0.25) is 0 Å². The zero-order valence-electron chi connectivity index (χ0n) is 11.4. The van der Waals surface area contributed by atoms with E-state index in [4.69, 9.17) is 4.74 Å². The van der Waals surface area contributed by atoms with Crippen LogP contribution in [0.3, 0.4) is 0 Å². The van der Waals surface area contributed by atoms with Gasteiger partial charge in [0, 0.05) is 13.0 Å². The molecule has 0 aromatic heterocycles. The molecular weight excluding hydrogens is 250 g/mol. The third kappa shape index (κ3) is 2.39. The molecule has 0 spiro atoms. The Kier molecular flexibility index (Phi) is 3.42. The van der Waals surface area contributed by atoms with E-state index in [1.807, 2.05) is 48.5 Å². The van der Waals surface area contributed by atoms with Gasteiger partial charge in [0.1, 0.15) is 11.5 Å². The van der Waals surface area contributed by atoms with Gasteiger partial charge in [0.2, 0.25) is 5.91 Å². The molecule has 1 aliphatic rings. The number of carbonyl (C=O) groups is 1. The highest BCUT2D eigenvalue weighted by atomic mass is 16.5. The lowest BCUT2D eigenvalue weighted by Gasteiger charge is -2.23. The molecule has 0 unspecified atom stereocenters. The van der Waals surface area contributed by atoms with Gasteiger partial charge in [0.15, 0.2) is 0 Å². The molecule has 1 heterocycles. The summed E-state index contributed by atoms with van der Waals surface area (Å²) in [5.41, 5.74) is 2.16. The molecule has 102 valence electrons. The lowest BCUT2D eigenvalue weighted by molar-refractivity contribution is -0.124. The molecule has 20 heavy (non-hydrogen) atoms. The quantitative estimate of drug-likeness (QED) is 0.862. The van der Waals surface area contributed by atoms with Crippen LogP contribution in [0.4, 0.5) is 0 Å². The maximum atomic E-state index is 12.1. The Labute approximate surface area is 118 Å². The Morgan fingerprint density at radius 3 is 2.00 bits per heavy atom. The summed E-state index contributed by atoms with van der Waals surface area (Å²) in [6, 6.07) is 15.8. The summed E-state index contributed by atoms with van der Waals surface area (Å²) in [5, 5.41) is 2.76. The average molecular weight is 267 g/mol. The Morgan fingerprint density at radius 2 is 1.50 bits per heavy atom. The van der Waals surface area contributed by atoms with E-state index in [0.29, 0.717) is 12.8 Å². The van der Waals surface area contributed by atoms with E-state index in [1.165, 1.54) is 0 Å². The highest BCUT2D eigenvalue weighted by Gasteiger charge is 2.24. The predicted octanol–water partition coefficient (Wildman–Crippen LogP) is 2.94. The zero-order valence-corrected chi connectivity index (χ0v) is 11.4. The van der Waals surface area contributed by atoms with Crippen LogP contribution >= 0.6 is 0 Å². The molecule has 0 saturated carbocycles. The van der Waals surface area contributed by atoms with E-state index < -0.39 is 0 Å². The lowest BCUT2D eigenvalue weighted by Crippen LogP contribution is -2.31. The van der Waals surface area contributed by atoms with Crippen molar-refractivity contribution in [3.8, 4) is 11.5 Å². The predicted molar refractivity (Wildman–Crippen MR) is 77.9 cm³/mol. The molecule has 3 heteroatoms. The molecule has 3 nitrogen and oxygen atoms in total. The summed E-state index contributed by atoms with van der Waals surface area (Å²) in [5.74, 6) is 1.70. The van der Waals surface area contributed by atoms with Gasteiger partial charge in [-0.3, -0.25) is 4.79 Å². The molecule has 1 aliphatic heterocycles. The van der Waals surface area contributed by atoms with Crippen LogP contribution in [0.5, 0.6) is 11.5 Å². The second-order valence-electron chi connectivity index (χ2n) is 5.04. The molecule has 0 fully saturated rings. The van der Waals surface area contributed by atoms with Crippen LogP contribution < -0.4 is 10.1 Å². The summed E-state index contributed by atoms with van der Waals surface area (Å²) in [7, 11) is 1.69. The Morgan fingerprint density at radius 1 is 1.00 bits per heavy atom. The van der Waals surface area contributed by atoms with E-state index in [0.717, 1.165) is 22.6 Å². The van der Waals surface area contributed by atoms with E-state index in [1.54, 1.807) is 7.05 Å². The number of para-hydroxylation sites is 2. The van der Waals surface area contributed by atoms with Crippen LogP contribution in [0, 0.1) is 5.92 Å². The van der Waals surface area contributed by atoms with Gasteiger partial charge in [0.25, 0.3) is 0 Å². The minimum absolute atomic E-state index is 0.0637. The van der Waals surface area contributed by atoms with E-state index in [9.17, 15) is 4.79 Å². The number of hydrogen-bond acceptors (Lipinski definition) is 2. The van der Waals surface area contributed by atoms with Crippen molar-refractivity contribution in [3.05, 3.63) is 59.7 Å². The number of fused-ring (bicyclic) bond motifs is 2. The fourth-order valence-corrected chi connectivity index (χ4v) is 2.66. The first-order valence-corrected chi connectivity index (χ1v) is 6.83. The number of ether oxygens (including phenoxy) is 1. The van der Waals surface area contributed by atoms with Gasteiger partial charge < -0.3 is 10.1 Å². The maximum Gasteiger partial charge on any atom is 0.223 e. The first-order valence-electron chi connectivity index (χ1n) is 6.83. The molecule has 0 radical (unpaired) electrons. The Balaban J connectivity index is 2.07. The minimum Gasteiger partial charge on any atom is -0.457 e. The van der Waals surface area contributed by atoms with E-state index in [-0.39, 0.29) is 11.8 Å². The van der Waals surface area contributed by atoms with Crippen molar-refractivity contribution in [1.29, 1.82) is 0 Å². The molecule has 0 saturated heterocycles. The highest BCUT2D eigenvalue weighted by Crippen LogP contribution is 2.34. The normalized spacial score (nSPS) is 14.2. The SMILES string of the molecule is CNC(=O)C1Cc2ccccc2Oc2ccccc2C1. The highest BCUT2D eigenvalue weighted by molar-refractivity contribution is 5.79. The van der Waals surface area contributed by atoms with Crippen molar-refractivity contribution < 1.29 is 9.53 Å². The smallest absolute Gasteiger partial charge is 0.223 e. The standard InChI is InChI=1S/C17H17NO2/c1-18-17(19)14-10-12-6-2-4-8-15(12)20-16-9-5-3-7-13(16)11-14/h2-9,14H,10-11H2,1H3,(H,18,19). The van der Waals surface area contributed by atoms with Gasteiger partial charge in [0.05, 0.1) is 0 Å². The summed E-state index contributed by atoms with van der Waals surface area (Å²) in [4.78, 5) is 12.1. The Hall–Kier alpha value is -2.29. The van der Waals surface area contributed by atoms with Crippen LogP contribution in [0.15, 0.2) is 48.5 Å². The summed E-state index contributed by atoms with van der Waals surface area (Å²) < 4.78 is 6.01. The maximum absolute atomic E-state index is 12.1. The molecule has 1 amide bonds. The number of rotatable bonds is 1. The van der Waals surface area contributed by atoms with Gasteiger partial charge in [-0.2, -0.15) is 0 Å². The van der Waals surface area contributed by atoms with Crippen molar-refractivity contribution in [1.82, 2.24) is 5.32 Å². The van der Waals surface area contributed by atoms with Crippen molar-refractivity contribution in [2.45, 2.75) is 12.8 Å². The number of benzene rings is 2. The summed E-state index contributed by atoms with van der Waals surface area (Å²) in [6.45, 7) is 0. The second kappa shape index (κ2) is 5.37. The average Bonchev–Trinajstić information content (AvgIpc) is 2.46. The molecular formula is C17H17NO2. The fourth-order valence-electron chi connectivity index (χ4n) is 2.66. The monoisotopic (exact) mass is 267 g/mol. The number of amides is 1. The van der Waals surface area contributed by atoms with Gasteiger partial charge in [-0.15, -0.1) is 0 Å². The molecule has 0 atom stereocenters. The molecule has 3 rings (SSSR count). The molecule has 2 aromatic carbocycles. The van der Waals surface area contributed by atoms with Gasteiger partial charge in [-0.25, -0.2) is 0 Å². The number of hydrogen-bond donors (Lipinski definition) is 1. The number of nitrogens with one attached hydrogen (secondary N) is 1. The second-order valence-corrected chi connectivity index (χ2v) is 5.04. The van der Waals surface area contributed by atoms with Gasteiger partial charge >= 0.3 is 0 Å². The van der Waals surface area contributed by atoms with Crippen molar-refractivity contribution in [2.75, 3.05) is 7.05 Å². The Bertz CT molecular complexity index is 589. The number of carbonyl (C=O) groups excluding carboxylic acids is 1.